The van der Waals surface area contributed by atoms with Crippen molar-refractivity contribution in [2.75, 3.05) is 31.7 Å². The van der Waals surface area contributed by atoms with E-state index in [2.05, 4.69) is 37.2 Å². The summed E-state index contributed by atoms with van der Waals surface area (Å²) in [6.07, 6.45) is -0.578. The second-order valence-electron chi connectivity index (χ2n) is 17.6. The topological polar surface area (TPSA) is 389 Å². The van der Waals surface area contributed by atoms with Gasteiger partial charge in [-0.3, -0.25) is 52.7 Å². The Bertz CT molecular complexity index is 2060. The SMILES string of the molecule is CC[C@H](C)[C@H]1NC(=O)[C@H](Cc2ccc(OC)cc2)NC(=O)[C@@H](N)CSSC[C@@H](C(=O)N2CCC[C@H]2C(=O)N[C@@H](CC(C)C)C(=O)NCC(N)=O)NC(=O)[C@H](CC(N)=O)NC(=O)[C@H](CCC(N)=O)NC1=O. The fourth-order valence-electron chi connectivity index (χ4n) is 7.47. The van der Waals surface area contributed by atoms with Crippen LogP contribution in [0.25, 0.3) is 0 Å². The van der Waals surface area contributed by atoms with Gasteiger partial charge in [-0.15, -0.1) is 0 Å². The van der Waals surface area contributed by atoms with Gasteiger partial charge in [-0.05, 0) is 55.2 Å². The second kappa shape index (κ2) is 28.5. The van der Waals surface area contributed by atoms with Crippen LogP contribution in [0.4, 0.5) is 0 Å². The number of nitrogens with one attached hydrogen (secondary N) is 7. The van der Waals surface area contributed by atoms with Crippen molar-refractivity contribution in [2.24, 2.45) is 34.8 Å². The predicted octanol–water partition coefficient (Wildman–Crippen LogP) is -3.31. The number of nitrogens with two attached hydrogens (primary N) is 4. The molecule has 0 spiro atoms. The molecular formula is C44H68N12O12S2. The van der Waals surface area contributed by atoms with E-state index in [-0.39, 0.29) is 49.7 Å². The first-order valence-corrected chi connectivity index (χ1v) is 25.4. The van der Waals surface area contributed by atoms with Crippen molar-refractivity contribution in [1.82, 2.24) is 42.1 Å². The smallest absolute Gasteiger partial charge is 0.246 e. The zero-order chi connectivity index (χ0) is 52.2. The van der Waals surface area contributed by atoms with Crippen LogP contribution in [-0.4, -0.2) is 150 Å². The minimum atomic E-state index is -1.74. The van der Waals surface area contributed by atoms with Crippen LogP contribution in [0.2, 0.25) is 0 Å². The summed E-state index contributed by atoms with van der Waals surface area (Å²) in [5.41, 5.74) is 23.1. The number of hydrogen-bond donors (Lipinski definition) is 11. The molecule has 0 saturated carbocycles. The van der Waals surface area contributed by atoms with Gasteiger partial charge >= 0.3 is 0 Å². The number of likely N-dealkylation sites (tertiary alicyclic amines) is 1. The van der Waals surface area contributed by atoms with E-state index < -0.39 is 139 Å². The highest BCUT2D eigenvalue weighted by molar-refractivity contribution is 8.76. The van der Waals surface area contributed by atoms with Crippen molar-refractivity contribution in [3.05, 3.63) is 29.8 Å². The van der Waals surface area contributed by atoms with E-state index in [1.807, 2.05) is 13.8 Å². The highest BCUT2D eigenvalue weighted by Crippen LogP contribution is 2.26. The number of carbonyl (C=O) groups is 11. The molecular weight excluding hydrogens is 953 g/mol. The number of carbonyl (C=O) groups excluding carboxylic acids is 11. The van der Waals surface area contributed by atoms with Crippen LogP contribution in [0.1, 0.15) is 78.2 Å². The minimum absolute atomic E-state index is 0.0458. The van der Waals surface area contributed by atoms with E-state index in [1.165, 1.54) is 12.0 Å². The number of methoxy groups -OCH3 is 1. The molecule has 0 aromatic heterocycles. The Morgan fingerprint density at radius 1 is 0.786 bits per heavy atom. The average Bonchev–Trinajstić information content (AvgIpc) is 3.80. The summed E-state index contributed by atoms with van der Waals surface area (Å²) in [4.78, 5) is 148. The van der Waals surface area contributed by atoms with Crippen molar-refractivity contribution >= 4 is 86.6 Å². The molecule has 2 fully saturated rings. The fourth-order valence-corrected chi connectivity index (χ4v) is 9.75. The summed E-state index contributed by atoms with van der Waals surface area (Å²) < 4.78 is 5.25. The zero-order valence-electron chi connectivity index (χ0n) is 40.0. The summed E-state index contributed by atoms with van der Waals surface area (Å²) in [6.45, 7) is 6.65. The largest absolute Gasteiger partial charge is 0.497 e. The third kappa shape index (κ3) is 18.6. The molecule has 0 aliphatic carbocycles. The molecule has 3 rings (SSSR count). The molecule has 9 atom stereocenters. The monoisotopic (exact) mass is 1020 g/mol. The number of amides is 11. The molecule has 0 bridgehead atoms. The predicted molar refractivity (Wildman–Crippen MR) is 259 cm³/mol. The lowest BCUT2D eigenvalue weighted by Gasteiger charge is -2.31. The van der Waals surface area contributed by atoms with Gasteiger partial charge < -0.3 is 69.8 Å². The van der Waals surface area contributed by atoms with E-state index in [0.29, 0.717) is 24.2 Å². The molecule has 2 aliphatic heterocycles. The molecule has 24 nitrogen and oxygen atoms in total. The maximum atomic E-state index is 14.5. The normalized spacial score (nSPS) is 24.1. The van der Waals surface area contributed by atoms with Gasteiger partial charge in [-0.2, -0.15) is 0 Å². The van der Waals surface area contributed by atoms with E-state index in [4.69, 9.17) is 27.7 Å². The minimum Gasteiger partial charge on any atom is -0.497 e. The summed E-state index contributed by atoms with van der Waals surface area (Å²) >= 11 is 0. The van der Waals surface area contributed by atoms with Crippen molar-refractivity contribution in [1.29, 1.82) is 0 Å². The van der Waals surface area contributed by atoms with Crippen LogP contribution in [0.3, 0.4) is 0 Å². The summed E-state index contributed by atoms with van der Waals surface area (Å²) in [7, 11) is 3.56. The van der Waals surface area contributed by atoms with E-state index in [9.17, 15) is 52.7 Å². The van der Waals surface area contributed by atoms with Gasteiger partial charge in [0.05, 0.1) is 26.1 Å². The first kappa shape index (κ1) is 58.2. The second-order valence-corrected chi connectivity index (χ2v) is 20.1. The number of hydrogen-bond acceptors (Lipinski definition) is 15. The van der Waals surface area contributed by atoms with E-state index in [0.717, 1.165) is 21.6 Å². The quantitative estimate of drug-likeness (QED) is 0.0642. The molecule has 0 radical (unpaired) electrons. The number of ether oxygens (including phenoxy) is 1. The zero-order valence-corrected chi connectivity index (χ0v) is 41.7. The Morgan fingerprint density at radius 3 is 2.00 bits per heavy atom. The standard InChI is InChI=1S/C44H68N12O12S2/c1-6-23(4)36-43(66)50-27(13-14-33(46)57)39(62)52-30(18-34(47)58)40(63)54-31(44(67)56-15-7-8-32(56)42(65)53-28(16-22(2)3)38(61)49-19-35(48)59)21-70-69-20-26(45)37(60)51-29(41(64)55-36)17-24-9-11-25(68-5)12-10-24/h9-12,22-23,26-32,36H,6-8,13-21,45H2,1-5H3,(H2,46,57)(H2,47,58)(H2,48,59)(H,49,61)(H,50,66)(H,51,60)(H,52,62)(H,53,65)(H,54,63)(H,55,64)/t23-,26-,27-,28-,29-,30-,31-,32-,36+/m0/s1. The average molecular weight is 1020 g/mol. The van der Waals surface area contributed by atoms with Crippen molar-refractivity contribution in [3.8, 4) is 5.75 Å². The number of nitrogens with zero attached hydrogens (tertiary/aromatic N) is 1. The van der Waals surface area contributed by atoms with Crippen LogP contribution >= 0.6 is 21.6 Å². The molecule has 11 amide bonds. The van der Waals surface area contributed by atoms with Crippen molar-refractivity contribution in [3.63, 3.8) is 0 Å². The van der Waals surface area contributed by atoms with Crippen molar-refractivity contribution < 1.29 is 57.5 Å². The Morgan fingerprint density at radius 2 is 1.40 bits per heavy atom. The summed E-state index contributed by atoms with van der Waals surface area (Å²) in [6, 6.07) is -4.06. The van der Waals surface area contributed by atoms with Gasteiger partial charge in [0.2, 0.25) is 65.0 Å². The summed E-state index contributed by atoms with van der Waals surface area (Å²) in [5, 5.41) is 18.0. The van der Waals surface area contributed by atoms with Gasteiger partial charge in [-0.25, -0.2) is 0 Å². The molecule has 70 heavy (non-hydrogen) atoms. The van der Waals surface area contributed by atoms with Crippen LogP contribution < -0.4 is 64.9 Å². The van der Waals surface area contributed by atoms with E-state index >= 15 is 0 Å². The highest BCUT2D eigenvalue weighted by atomic mass is 33.1. The molecule has 0 unspecified atom stereocenters. The van der Waals surface area contributed by atoms with Crippen LogP contribution in [0, 0.1) is 11.8 Å². The molecule has 26 heteroatoms. The maximum absolute atomic E-state index is 14.5. The summed E-state index contributed by atoms with van der Waals surface area (Å²) in [5.74, 6) is -9.62. The van der Waals surface area contributed by atoms with Crippen LogP contribution in [0.15, 0.2) is 24.3 Å². The number of primary amides is 3. The first-order chi connectivity index (χ1) is 33.0. The number of rotatable bonds is 18. The van der Waals surface area contributed by atoms with Crippen molar-refractivity contribution in [2.45, 2.75) is 127 Å². The third-order valence-electron chi connectivity index (χ3n) is 11.5. The van der Waals surface area contributed by atoms with Crippen LogP contribution in [0.5, 0.6) is 5.75 Å². The highest BCUT2D eigenvalue weighted by Gasteiger charge is 2.41. The molecule has 1 aromatic rings. The van der Waals surface area contributed by atoms with Crippen LogP contribution in [-0.2, 0) is 59.2 Å². The van der Waals surface area contributed by atoms with Gasteiger partial charge in [0.15, 0.2) is 0 Å². The first-order valence-electron chi connectivity index (χ1n) is 22.9. The molecule has 2 aliphatic rings. The lowest BCUT2D eigenvalue weighted by atomic mass is 9.96. The Kier molecular flexibility index (Phi) is 23.7. The fraction of sp³-hybridized carbons (Fsp3) is 0.614. The van der Waals surface area contributed by atoms with Gasteiger partial charge in [0.1, 0.15) is 48.0 Å². The Balaban J connectivity index is 2.06. The molecule has 2 saturated heterocycles. The lowest BCUT2D eigenvalue weighted by molar-refractivity contribution is -0.142. The van der Waals surface area contributed by atoms with Gasteiger partial charge in [-0.1, -0.05) is 67.8 Å². The Hall–Kier alpha value is -6.15. The maximum Gasteiger partial charge on any atom is 0.246 e. The Labute approximate surface area is 414 Å². The molecule has 388 valence electrons. The lowest BCUT2D eigenvalue weighted by Crippen LogP contribution is -2.61. The van der Waals surface area contributed by atoms with Gasteiger partial charge in [0, 0.05) is 30.9 Å². The third-order valence-corrected chi connectivity index (χ3v) is 14.0. The molecule has 15 N–H and O–H groups in total. The van der Waals surface area contributed by atoms with Gasteiger partial charge in [0.25, 0.3) is 0 Å². The van der Waals surface area contributed by atoms with E-state index in [1.54, 1.807) is 38.1 Å². The number of benzene rings is 1. The molecule has 2 heterocycles. The molecule has 1 aromatic carbocycles.